The number of ether oxygens (including phenoxy) is 1. The van der Waals surface area contributed by atoms with Crippen molar-refractivity contribution in [3.05, 3.63) is 254 Å². The van der Waals surface area contributed by atoms with Gasteiger partial charge in [0, 0.05) is 39.9 Å². The molecule has 0 amide bonds. The van der Waals surface area contributed by atoms with Crippen molar-refractivity contribution in [1.29, 1.82) is 0 Å². The molecule has 0 N–H and O–H groups in total. The van der Waals surface area contributed by atoms with Crippen LogP contribution in [0.4, 0.5) is 34.1 Å². The summed E-state index contributed by atoms with van der Waals surface area (Å²) in [4.78, 5) is 4.62. The minimum Gasteiger partial charge on any atom is -0.457 e. The molecule has 0 atom stereocenters. The van der Waals surface area contributed by atoms with E-state index in [0.717, 1.165) is 84.3 Å². The van der Waals surface area contributed by atoms with E-state index in [1.54, 1.807) is 0 Å². The highest BCUT2D eigenvalue weighted by molar-refractivity contribution is 6.13. The zero-order valence-corrected chi connectivity index (χ0v) is 35.9. The zero-order valence-electron chi connectivity index (χ0n) is 35.9. The third kappa shape index (κ3) is 7.90. The molecule has 0 fully saturated rings. The second-order valence-corrected chi connectivity index (χ2v) is 16.2. The molecule has 0 aliphatic rings. The molecule has 1 aromatic heterocycles. The molecule has 0 saturated heterocycles. The second-order valence-electron chi connectivity index (χ2n) is 16.2. The van der Waals surface area contributed by atoms with Crippen LogP contribution in [-0.4, -0.2) is 0 Å². The van der Waals surface area contributed by atoms with Gasteiger partial charge in [-0.1, -0.05) is 158 Å². The molecule has 1 heterocycles. The Kier molecular flexibility index (Phi) is 10.4. The summed E-state index contributed by atoms with van der Waals surface area (Å²) in [6, 6.07) is 87.3. The van der Waals surface area contributed by atoms with Crippen LogP contribution in [0, 0.1) is 6.92 Å². The van der Waals surface area contributed by atoms with Crippen LogP contribution in [0.2, 0.25) is 0 Å². The molecule has 65 heavy (non-hydrogen) atoms. The fourth-order valence-electron chi connectivity index (χ4n) is 8.77. The van der Waals surface area contributed by atoms with Gasteiger partial charge >= 0.3 is 0 Å². The van der Waals surface area contributed by atoms with Crippen LogP contribution in [0.3, 0.4) is 0 Å². The number of para-hydroxylation sites is 2. The summed E-state index contributed by atoms with van der Waals surface area (Å²) in [6.45, 7) is 2.07. The first-order chi connectivity index (χ1) is 32.1. The molecule has 10 aromatic carbocycles. The number of nitrogens with zero attached hydrogens (tertiary/aromatic N) is 2. The fraction of sp³-hybridized carbons (Fsp3) is 0.0164. The molecule has 0 unspecified atom stereocenters. The molecule has 0 saturated carbocycles. The molecule has 310 valence electrons. The maximum Gasteiger partial charge on any atom is 0.137 e. The van der Waals surface area contributed by atoms with Crippen LogP contribution in [0.25, 0.3) is 55.3 Å². The lowest BCUT2D eigenvalue weighted by Gasteiger charge is -2.27. The highest BCUT2D eigenvalue weighted by Gasteiger charge is 2.20. The number of aryl methyl sites for hydroxylation is 1. The second kappa shape index (κ2) is 17.3. The summed E-state index contributed by atoms with van der Waals surface area (Å²) in [5.41, 5.74) is 16.0. The molecule has 0 bridgehead atoms. The van der Waals surface area contributed by atoms with Gasteiger partial charge in [-0.25, -0.2) is 0 Å². The average Bonchev–Trinajstić information content (AvgIpc) is 3.76. The monoisotopic (exact) mass is 836 g/mol. The van der Waals surface area contributed by atoms with Crippen LogP contribution < -0.4 is 14.5 Å². The number of hydrogen-bond acceptors (Lipinski definition) is 4. The Labute approximate surface area is 379 Å². The van der Waals surface area contributed by atoms with Gasteiger partial charge in [0.1, 0.15) is 22.7 Å². The Morgan fingerprint density at radius 3 is 1.34 bits per heavy atom. The first-order valence-electron chi connectivity index (χ1n) is 22.0. The van der Waals surface area contributed by atoms with Crippen molar-refractivity contribution in [3.63, 3.8) is 0 Å². The van der Waals surface area contributed by atoms with Crippen LogP contribution in [0.1, 0.15) is 5.56 Å². The van der Waals surface area contributed by atoms with E-state index in [9.17, 15) is 0 Å². The van der Waals surface area contributed by atoms with Gasteiger partial charge in [0.25, 0.3) is 0 Å². The van der Waals surface area contributed by atoms with Gasteiger partial charge in [0.2, 0.25) is 0 Å². The maximum atomic E-state index is 6.43. The van der Waals surface area contributed by atoms with Crippen molar-refractivity contribution in [2.24, 2.45) is 0 Å². The Hall–Kier alpha value is -8.60. The van der Waals surface area contributed by atoms with Gasteiger partial charge in [0.15, 0.2) is 0 Å². The first kappa shape index (κ1) is 39.3. The van der Waals surface area contributed by atoms with Crippen molar-refractivity contribution in [2.45, 2.75) is 6.92 Å². The summed E-state index contributed by atoms with van der Waals surface area (Å²) >= 11 is 0. The maximum absolute atomic E-state index is 6.43. The summed E-state index contributed by atoms with van der Waals surface area (Å²) in [5.74, 6) is 1.62. The molecule has 0 radical (unpaired) electrons. The standard InChI is InChI=1S/C61H44N2O2/c1-43-14-8-10-23-58(43)64-55-20-12-19-54(42-55)62(50-34-26-46(27-35-50)44-15-4-2-5-16-44)51-36-28-48(29-37-51)49-32-40-53(41-33-49)63(52-38-30-47(31-39-52)45-17-6-3-7-18-45)57-22-13-25-60-61(57)56-21-9-11-24-59(56)65-60/h2-42H,1H3. The van der Waals surface area contributed by atoms with E-state index in [0.29, 0.717) is 0 Å². The van der Waals surface area contributed by atoms with Crippen molar-refractivity contribution >= 4 is 56.1 Å². The SMILES string of the molecule is Cc1ccccc1Oc1cccc(N(c2ccc(-c3ccccc3)cc2)c2ccc(-c3ccc(N(c4ccc(-c5ccccc5)cc4)c4cccc5oc6ccccc6c45)cc3)cc2)c1. The van der Waals surface area contributed by atoms with Crippen LogP contribution in [0.15, 0.2) is 253 Å². The van der Waals surface area contributed by atoms with Crippen molar-refractivity contribution in [1.82, 2.24) is 0 Å². The molecular weight excluding hydrogens is 793 g/mol. The predicted octanol–water partition coefficient (Wildman–Crippen LogP) is 17.6. The predicted molar refractivity (Wildman–Crippen MR) is 271 cm³/mol. The van der Waals surface area contributed by atoms with Crippen LogP contribution in [0.5, 0.6) is 11.5 Å². The Balaban J connectivity index is 0.945. The lowest BCUT2D eigenvalue weighted by atomic mass is 10.0. The highest BCUT2D eigenvalue weighted by atomic mass is 16.5. The van der Waals surface area contributed by atoms with Gasteiger partial charge < -0.3 is 19.0 Å². The molecule has 4 nitrogen and oxygen atoms in total. The van der Waals surface area contributed by atoms with Gasteiger partial charge in [0.05, 0.1) is 11.1 Å². The quantitative estimate of drug-likeness (QED) is 0.130. The zero-order chi connectivity index (χ0) is 43.5. The third-order valence-corrected chi connectivity index (χ3v) is 12.1. The Morgan fingerprint density at radius 2 is 0.785 bits per heavy atom. The molecule has 0 aliphatic heterocycles. The van der Waals surface area contributed by atoms with E-state index < -0.39 is 0 Å². The first-order valence-corrected chi connectivity index (χ1v) is 22.0. The minimum absolute atomic E-state index is 0.776. The summed E-state index contributed by atoms with van der Waals surface area (Å²) in [6.07, 6.45) is 0. The van der Waals surface area contributed by atoms with Crippen LogP contribution in [-0.2, 0) is 0 Å². The lowest BCUT2D eigenvalue weighted by Crippen LogP contribution is -2.10. The third-order valence-electron chi connectivity index (χ3n) is 12.1. The number of fused-ring (bicyclic) bond motifs is 3. The molecule has 11 aromatic rings. The largest absolute Gasteiger partial charge is 0.457 e. The molecule has 4 heteroatoms. The van der Waals surface area contributed by atoms with E-state index in [2.05, 4.69) is 229 Å². The van der Waals surface area contributed by atoms with E-state index in [-0.39, 0.29) is 0 Å². The summed E-state index contributed by atoms with van der Waals surface area (Å²) in [5, 5.41) is 2.17. The van der Waals surface area contributed by atoms with Crippen molar-refractivity contribution in [3.8, 4) is 44.9 Å². The smallest absolute Gasteiger partial charge is 0.137 e. The number of benzene rings is 10. The van der Waals surface area contributed by atoms with Gasteiger partial charge in [-0.2, -0.15) is 0 Å². The molecule has 0 aliphatic carbocycles. The van der Waals surface area contributed by atoms with Gasteiger partial charge in [-0.15, -0.1) is 0 Å². The van der Waals surface area contributed by atoms with E-state index >= 15 is 0 Å². The lowest BCUT2D eigenvalue weighted by molar-refractivity contribution is 0.479. The highest BCUT2D eigenvalue weighted by Crippen LogP contribution is 2.44. The summed E-state index contributed by atoms with van der Waals surface area (Å²) < 4.78 is 12.8. The Morgan fingerprint density at radius 1 is 0.338 bits per heavy atom. The fourth-order valence-corrected chi connectivity index (χ4v) is 8.77. The number of rotatable bonds is 11. The Bertz CT molecular complexity index is 3380. The van der Waals surface area contributed by atoms with E-state index in [4.69, 9.17) is 9.15 Å². The number of anilines is 6. The summed E-state index contributed by atoms with van der Waals surface area (Å²) in [7, 11) is 0. The van der Waals surface area contributed by atoms with Crippen LogP contribution >= 0.6 is 0 Å². The van der Waals surface area contributed by atoms with Gasteiger partial charge in [-0.3, -0.25) is 0 Å². The topological polar surface area (TPSA) is 28.9 Å². The number of hydrogen-bond donors (Lipinski definition) is 0. The molecular formula is C61H44N2O2. The average molecular weight is 837 g/mol. The minimum atomic E-state index is 0.776. The van der Waals surface area contributed by atoms with E-state index in [1.165, 1.54) is 22.3 Å². The molecule has 11 rings (SSSR count). The van der Waals surface area contributed by atoms with Crippen molar-refractivity contribution in [2.75, 3.05) is 9.80 Å². The van der Waals surface area contributed by atoms with E-state index in [1.807, 2.05) is 36.4 Å². The van der Waals surface area contributed by atoms with Crippen molar-refractivity contribution < 1.29 is 9.15 Å². The van der Waals surface area contributed by atoms with Gasteiger partial charge in [-0.05, 0) is 131 Å². The molecule has 0 spiro atoms. The normalized spacial score (nSPS) is 11.2. The number of furan rings is 1.